The van der Waals surface area contributed by atoms with Crippen molar-refractivity contribution in [3.8, 4) is 0 Å². The lowest BCUT2D eigenvalue weighted by atomic mass is 10.1. The Bertz CT molecular complexity index is 571. The van der Waals surface area contributed by atoms with Crippen LogP contribution in [0.4, 0.5) is 0 Å². The van der Waals surface area contributed by atoms with Gasteiger partial charge in [0.1, 0.15) is 0 Å². The van der Waals surface area contributed by atoms with Crippen molar-refractivity contribution in [2.45, 2.75) is 26.8 Å². The molecule has 1 aromatic heterocycles. The van der Waals surface area contributed by atoms with E-state index in [1.807, 2.05) is 18.2 Å². The third-order valence-corrected chi connectivity index (χ3v) is 3.40. The minimum Gasteiger partial charge on any atom is -0.409 e. The van der Waals surface area contributed by atoms with Gasteiger partial charge in [0.05, 0.1) is 0 Å². The zero-order valence-electron chi connectivity index (χ0n) is 10.8. The summed E-state index contributed by atoms with van der Waals surface area (Å²) in [6.45, 7) is 5.41. The Labute approximate surface area is 107 Å². The van der Waals surface area contributed by atoms with Gasteiger partial charge in [0, 0.05) is 29.2 Å². The molecule has 3 N–H and O–H groups in total. The number of rotatable bonds is 4. The molecule has 96 valence electrons. The van der Waals surface area contributed by atoms with E-state index in [0.717, 1.165) is 29.4 Å². The van der Waals surface area contributed by atoms with Crippen molar-refractivity contribution in [2.75, 3.05) is 0 Å². The Kier molecular flexibility index (Phi) is 3.55. The van der Waals surface area contributed by atoms with Crippen LogP contribution in [0.1, 0.15) is 25.8 Å². The molecule has 0 aliphatic carbocycles. The van der Waals surface area contributed by atoms with Crippen molar-refractivity contribution in [3.63, 3.8) is 0 Å². The van der Waals surface area contributed by atoms with Gasteiger partial charge in [-0.15, -0.1) is 0 Å². The zero-order chi connectivity index (χ0) is 13.1. The van der Waals surface area contributed by atoms with E-state index in [-0.39, 0.29) is 5.84 Å². The monoisotopic (exact) mass is 245 g/mol. The smallest absolute Gasteiger partial charge is 0.170 e. The molecule has 2 aromatic rings. The van der Waals surface area contributed by atoms with E-state index < -0.39 is 0 Å². The summed E-state index contributed by atoms with van der Waals surface area (Å²) in [5.41, 5.74) is 7.59. The molecule has 0 amide bonds. The van der Waals surface area contributed by atoms with Crippen LogP contribution in [0.2, 0.25) is 0 Å². The summed E-state index contributed by atoms with van der Waals surface area (Å²) in [5, 5.41) is 12.9. The number of oxime groups is 1. The fraction of sp³-hybridized carbons (Fsp3) is 0.357. The molecule has 1 aromatic carbocycles. The quantitative estimate of drug-likeness (QED) is 0.376. The van der Waals surface area contributed by atoms with Crippen molar-refractivity contribution >= 4 is 16.7 Å². The molecular weight excluding hydrogens is 226 g/mol. The summed E-state index contributed by atoms with van der Waals surface area (Å²) < 4.78 is 2.22. The summed E-state index contributed by atoms with van der Waals surface area (Å²) in [4.78, 5) is 0. The number of amidine groups is 1. The number of aromatic nitrogens is 1. The molecule has 0 aliphatic heterocycles. The normalized spacial score (nSPS) is 14.0. The molecule has 0 saturated carbocycles. The Hall–Kier alpha value is -1.97. The number of hydrogen-bond donors (Lipinski definition) is 2. The third kappa shape index (κ3) is 2.18. The summed E-state index contributed by atoms with van der Waals surface area (Å²) >= 11 is 0. The first-order chi connectivity index (χ1) is 8.67. The van der Waals surface area contributed by atoms with Gasteiger partial charge in [0.25, 0.3) is 0 Å². The predicted molar refractivity (Wildman–Crippen MR) is 73.9 cm³/mol. The maximum atomic E-state index is 8.79. The van der Waals surface area contributed by atoms with Gasteiger partial charge in [-0.05, 0) is 18.1 Å². The van der Waals surface area contributed by atoms with Gasteiger partial charge in [-0.3, -0.25) is 0 Å². The SMILES string of the molecule is CCC(C)Cn1ccc2c(/C(N)=N/O)cccc21. The molecule has 4 nitrogen and oxygen atoms in total. The molecule has 0 radical (unpaired) electrons. The first-order valence-electron chi connectivity index (χ1n) is 6.23. The second kappa shape index (κ2) is 5.12. The van der Waals surface area contributed by atoms with Crippen molar-refractivity contribution < 1.29 is 5.21 Å². The molecule has 0 aliphatic rings. The number of benzene rings is 1. The molecule has 0 spiro atoms. The van der Waals surface area contributed by atoms with Crippen molar-refractivity contribution in [1.29, 1.82) is 0 Å². The third-order valence-electron chi connectivity index (χ3n) is 3.40. The lowest BCUT2D eigenvalue weighted by Gasteiger charge is -2.11. The van der Waals surface area contributed by atoms with Crippen LogP contribution in [-0.2, 0) is 6.54 Å². The fourth-order valence-electron chi connectivity index (χ4n) is 2.12. The van der Waals surface area contributed by atoms with Crippen LogP contribution < -0.4 is 5.73 Å². The van der Waals surface area contributed by atoms with E-state index in [1.54, 1.807) is 0 Å². The number of nitrogens with zero attached hydrogens (tertiary/aromatic N) is 2. The van der Waals surface area contributed by atoms with E-state index in [0.29, 0.717) is 5.92 Å². The lowest BCUT2D eigenvalue weighted by Crippen LogP contribution is -2.13. The first kappa shape index (κ1) is 12.5. The maximum Gasteiger partial charge on any atom is 0.170 e. The number of hydrogen-bond acceptors (Lipinski definition) is 2. The lowest BCUT2D eigenvalue weighted by molar-refractivity contribution is 0.318. The Morgan fingerprint density at radius 2 is 2.22 bits per heavy atom. The van der Waals surface area contributed by atoms with Crippen molar-refractivity contribution in [3.05, 3.63) is 36.0 Å². The number of fused-ring (bicyclic) bond motifs is 1. The molecular formula is C14H19N3O. The standard InChI is InChI=1S/C14H19N3O/c1-3-10(2)9-17-8-7-11-12(14(15)16-18)5-4-6-13(11)17/h4-8,10,18H,3,9H2,1-2H3,(H2,15,16). The Morgan fingerprint density at radius 1 is 1.44 bits per heavy atom. The van der Waals surface area contributed by atoms with Crippen LogP contribution in [0.25, 0.3) is 10.9 Å². The van der Waals surface area contributed by atoms with E-state index in [4.69, 9.17) is 10.9 Å². The van der Waals surface area contributed by atoms with Crippen LogP contribution in [0.15, 0.2) is 35.6 Å². The van der Waals surface area contributed by atoms with Crippen molar-refractivity contribution in [1.82, 2.24) is 4.57 Å². The fourth-order valence-corrected chi connectivity index (χ4v) is 2.12. The molecule has 0 fully saturated rings. The van der Waals surface area contributed by atoms with E-state index in [1.165, 1.54) is 0 Å². The van der Waals surface area contributed by atoms with Gasteiger partial charge < -0.3 is 15.5 Å². The van der Waals surface area contributed by atoms with Gasteiger partial charge in [-0.25, -0.2) is 0 Å². The first-order valence-corrected chi connectivity index (χ1v) is 6.23. The Balaban J connectivity index is 2.48. The molecule has 0 saturated heterocycles. The molecule has 1 unspecified atom stereocenters. The average molecular weight is 245 g/mol. The summed E-state index contributed by atoms with van der Waals surface area (Å²) in [6.07, 6.45) is 3.21. The van der Waals surface area contributed by atoms with Crippen molar-refractivity contribution in [2.24, 2.45) is 16.8 Å². The van der Waals surface area contributed by atoms with E-state index >= 15 is 0 Å². The van der Waals surface area contributed by atoms with E-state index in [2.05, 4.69) is 35.8 Å². The van der Waals surface area contributed by atoms with Crippen LogP contribution in [0.5, 0.6) is 0 Å². The molecule has 1 heterocycles. The summed E-state index contributed by atoms with van der Waals surface area (Å²) in [5.74, 6) is 0.787. The van der Waals surface area contributed by atoms with Gasteiger partial charge in [-0.2, -0.15) is 0 Å². The van der Waals surface area contributed by atoms with Crippen LogP contribution in [0.3, 0.4) is 0 Å². The molecule has 18 heavy (non-hydrogen) atoms. The molecule has 1 atom stereocenters. The largest absolute Gasteiger partial charge is 0.409 e. The second-order valence-corrected chi connectivity index (χ2v) is 4.71. The summed E-state index contributed by atoms with van der Waals surface area (Å²) in [7, 11) is 0. The molecule has 2 rings (SSSR count). The Morgan fingerprint density at radius 3 is 2.89 bits per heavy atom. The minimum atomic E-state index is 0.155. The molecule has 4 heteroatoms. The minimum absolute atomic E-state index is 0.155. The maximum absolute atomic E-state index is 8.79. The predicted octanol–water partition coefficient (Wildman–Crippen LogP) is 2.78. The zero-order valence-corrected chi connectivity index (χ0v) is 10.8. The van der Waals surface area contributed by atoms with Crippen LogP contribution in [-0.4, -0.2) is 15.6 Å². The van der Waals surface area contributed by atoms with Gasteiger partial charge in [0.2, 0.25) is 0 Å². The van der Waals surface area contributed by atoms with E-state index in [9.17, 15) is 0 Å². The highest BCUT2D eigenvalue weighted by molar-refractivity contribution is 6.08. The van der Waals surface area contributed by atoms with Gasteiger partial charge >= 0.3 is 0 Å². The summed E-state index contributed by atoms with van der Waals surface area (Å²) in [6, 6.07) is 7.88. The highest BCUT2D eigenvalue weighted by Gasteiger charge is 2.09. The van der Waals surface area contributed by atoms with Gasteiger partial charge in [-0.1, -0.05) is 37.6 Å². The van der Waals surface area contributed by atoms with Crippen LogP contribution in [0, 0.1) is 5.92 Å². The second-order valence-electron chi connectivity index (χ2n) is 4.71. The average Bonchev–Trinajstić information content (AvgIpc) is 2.81. The number of nitrogens with two attached hydrogens (primary N) is 1. The van der Waals surface area contributed by atoms with Gasteiger partial charge in [0.15, 0.2) is 5.84 Å². The molecule has 0 bridgehead atoms. The highest BCUT2D eigenvalue weighted by atomic mass is 16.4. The topological polar surface area (TPSA) is 63.5 Å². The van der Waals surface area contributed by atoms with Crippen LogP contribution >= 0.6 is 0 Å². The highest BCUT2D eigenvalue weighted by Crippen LogP contribution is 2.21.